The molecule has 1 saturated carbocycles. The average molecular weight is 447 g/mol. The number of allylic oxidation sites excluding steroid dienone is 1. The molecule has 14 heteroatoms. The number of rotatable bonds is 11. The van der Waals surface area contributed by atoms with Gasteiger partial charge in [-0.15, -0.1) is 36.5 Å². The first kappa shape index (κ1) is 24.1. The Kier molecular flexibility index (Phi) is 8.20. The van der Waals surface area contributed by atoms with Crippen LogP contribution in [0.15, 0.2) is 16.7 Å². The maximum absolute atomic E-state index is 12.1. The van der Waals surface area contributed by atoms with Crippen LogP contribution in [0.3, 0.4) is 0 Å². The Morgan fingerprint density at radius 2 is 1.83 bits per heavy atom. The number of nitrogens with one attached hydrogen (secondary N) is 1. The van der Waals surface area contributed by atoms with Crippen molar-refractivity contribution >= 4 is 5.91 Å². The molecule has 1 fully saturated rings. The highest BCUT2D eigenvalue weighted by Crippen LogP contribution is 2.40. The highest BCUT2D eigenvalue weighted by molar-refractivity contribution is 5.78. The molecule has 1 N–H and O–H groups in total. The molecule has 0 saturated heterocycles. The maximum Gasteiger partial charge on any atom is 0.522 e. The molecule has 0 aromatic carbocycles. The molecule has 0 bridgehead atoms. The summed E-state index contributed by atoms with van der Waals surface area (Å²) in [6, 6.07) is 0. The number of halogens is 6. The van der Waals surface area contributed by atoms with Gasteiger partial charge in [0, 0.05) is 18.0 Å². The van der Waals surface area contributed by atoms with Gasteiger partial charge in [-0.1, -0.05) is 6.58 Å². The van der Waals surface area contributed by atoms with E-state index in [9.17, 15) is 31.1 Å². The Morgan fingerprint density at radius 3 is 2.47 bits per heavy atom. The van der Waals surface area contributed by atoms with Crippen molar-refractivity contribution in [3.63, 3.8) is 0 Å². The Hall–Kier alpha value is -2.19. The van der Waals surface area contributed by atoms with Crippen LogP contribution in [0.5, 0.6) is 0 Å². The standard InChI is InChI=1S/C16H19F6N3O5/c1-9(23-12(26)8-27-4-5-28-15(17,18)19)2-3-13-24-25-14(29-13)10-6-11(7-10)30-16(20,21)22/h10-11H,1-8H2,(H,23,26). The lowest BCUT2D eigenvalue weighted by Crippen LogP contribution is -2.34. The SMILES string of the molecule is C=C(CCc1nnc(C2CC(OC(F)(F)F)C2)o1)NC(=O)COCCOC(F)(F)F. The second-order valence-electron chi connectivity index (χ2n) is 6.39. The predicted octanol–water partition coefficient (Wildman–Crippen LogP) is 2.97. The van der Waals surface area contributed by atoms with E-state index in [1.807, 2.05) is 0 Å². The van der Waals surface area contributed by atoms with Crippen molar-refractivity contribution in [3.05, 3.63) is 24.1 Å². The summed E-state index contributed by atoms with van der Waals surface area (Å²) in [5.74, 6) is -0.472. The number of amides is 1. The third kappa shape index (κ3) is 9.09. The van der Waals surface area contributed by atoms with Gasteiger partial charge in [0.15, 0.2) is 0 Å². The van der Waals surface area contributed by atoms with Gasteiger partial charge in [-0.25, -0.2) is 0 Å². The monoisotopic (exact) mass is 447 g/mol. The Morgan fingerprint density at radius 1 is 1.13 bits per heavy atom. The molecule has 0 radical (unpaired) electrons. The normalized spacial score (nSPS) is 19.4. The fraction of sp³-hybridized carbons (Fsp3) is 0.688. The maximum atomic E-state index is 12.1. The van der Waals surface area contributed by atoms with E-state index in [-0.39, 0.29) is 49.1 Å². The number of aryl methyl sites for hydroxylation is 1. The fourth-order valence-corrected chi connectivity index (χ4v) is 2.52. The molecular weight excluding hydrogens is 428 g/mol. The van der Waals surface area contributed by atoms with Gasteiger partial charge in [-0.2, -0.15) is 0 Å². The molecule has 1 aliphatic carbocycles. The lowest BCUT2D eigenvalue weighted by molar-refractivity contribution is -0.352. The molecule has 2 rings (SSSR count). The van der Waals surface area contributed by atoms with E-state index in [0.29, 0.717) is 0 Å². The minimum absolute atomic E-state index is 0.123. The number of alkyl halides is 6. The van der Waals surface area contributed by atoms with E-state index in [1.54, 1.807) is 0 Å². The molecule has 30 heavy (non-hydrogen) atoms. The summed E-state index contributed by atoms with van der Waals surface area (Å²) >= 11 is 0. The molecule has 8 nitrogen and oxygen atoms in total. The second-order valence-corrected chi connectivity index (χ2v) is 6.39. The first-order valence-corrected chi connectivity index (χ1v) is 8.74. The number of carbonyl (C=O) groups is 1. The van der Waals surface area contributed by atoms with Crippen LogP contribution in [-0.2, 0) is 25.4 Å². The number of nitrogens with zero attached hydrogens (tertiary/aromatic N) is 2. The second kappa shape index (κ2) is 10.2. The Labute approximate surface area is 166 Å². The van der Waals surface area contributed by atoms with Crippen LogP contribution in [0.25, 0.3) is 0 Å². The summed E-state index contributed by atoms with van der Waals surface area (Å²) in [7, 11) is 0. The summed E-state index contributed by atoms with van der Waals surface area (Å²) in [5.41, 5.74) is 0.289. The van der Waals surface area contributed by atoms with Crippen molar-refractivity contribution in [3.8, 4) is 0 Å². The number of ether oxygens (including phenoxy) is 3. The van der Waals surface area contributed by atoms with Gasteiger partial charge in [0.2, 0.25) is 17.7 Å². The largest absolute Gasteiger partial charge is 0.522 e. The first-order chi connectivity index (χ1) is 13.9. The highest BCUT2D eigenvalue weighted by atomic mass is 19.4. The van der Waals surface area contributed by atoms with E-state index in [4.69, 9.17) is 9.15 Å². The van der Waals surface area contributed by atoms with Crippen LogP contribution in [0.4, 0.5) is 26.3 Å². The number of hydrogen-bond donors (Lipinski definition) is 1. The van der Waals surface area contributed by atoms with Gasteiger partial charge in [0.25, 0.3) is 0 Å². The molecule has 0 unspecified atom stereocenters. The van der Waals surface area contributed by atoms with E-state index in [0.717, 1.165) is 0 Å². The molecule has 1 aromatic heterocycles. The molecule has 1 aromatic rings. The van der Waals surface area contributed by atoms with Crippen LogP contribution in [-0.4, -0.2) is 54.8 Å². The molecule has 1 aliphatic rings. The van der Waals surface area contributed by atoms with Crippen LogP contribution >= 0.6 is 0 Å². The number of carbonyl (C=O) groups excluding carboxylic acids is 1. The van der Waals surface area contributed by atoms with E-state index in [1.165, 1.54) is 0 Å². The van der Waals surface area contributed by atoms with Gasteiger partial charge in [0.05, 0.1) is 19.3 Å². The zero-order valence-electron chi connectivity index (χ0n) is 15.5. The molecular formula is C16H19F6N3O5. The molecule has 0 aliphatic heterocycles. The van der Waals surface area contributed by atoms with Crippen molar-refractivity contribution < 1.29 is 49.8 Å². The van der Waals surface area contributed by atoms with Crippen molar-refractivity contribution in [1.82, 2.24) is 15.5 Å². The van der Waals surface area contributed by atoms with Crippen molar-refractivity contribution in [2.24, 2.45) is 0 Å². The summed E-state index contributed by atoms with van der Waals surface area (Å²) in [5, 5.41) is 10.00. The van der Waals surface area contributed by atoms with E-state index in [2.05, 4.69) is 31.6 Å². The number of aromatic nitrogens is 2. The van der Waals surface area contributed by atoms with Crippen LogP contribution in [0.1, 0.15) is 37.0 Å². The smallest absolute Gasteiger partial charge is 0.425 e. The lowest BCUT2D eigenvalue weighted by atomic mass is 9.82. The average Bonchev–Trinajstić information content (AvgIpc) is 3.02. The topological polar surface area (TPSA) is 95.7 Å². The number of hydrogen-bond acceptors (Lipinski definition) is 7. The zero-order valence-corrected chi connectivity index (χ0v) is 15.5. The van der Waals surface area contributed by atoms with Crippen LogP contribution in [0, 0.1) is 0 Å². The zero-order chi connectivity index (χ0) is 22.4. The Balaban J connectivity index is 1.60. The summed E-state index contributed by atoms with van der Waals surface area (Å²) in [6.45, 7) is 2.00. The van der Waals surface area contributed by atoms with Gasteiger partial charge in [-0.3, -0.25) is 14.3 Å². The van der Waals surface area contributed by atoms with Gasteiger partial charge >= 0.3 is 12.7 Å². The quantitative estimate of drug-likeness (QED) is 0.412. The van der Waals surface area contributed by atoms with Crippen LogP contribution < -0.4 is 5.32 Å². The summed E-state index contributed by atoms with van der Waals surface area (Å²) < 4.78 is 89.1. The third-order valence-electron chi connectivity index (χ3n) is 3.91. The first-order valence-electron chi connectivity index (χ1n) is 8.74. The molecule has 1 amide bonds. The van der Waals surface area contributed by atoms with E-state index < -0.39 is 44.6 Å². The van der Waals surface area contributed by atoms with E-state index >= 15 is 0 Å². The minimum Gasteiger partial charge on any atom is -0.425 e. The fourth-order valence-electron chi connectivity index (χ4n) is 2.52. The van der Waals surface area contributed by atoms with Crippen LogP contribution in [0.2, 0.25) is 0 Å². The van der Waals surface area contributed by atoms with Gasteiger partial charge in [0.1, 0.15) is 6.61 Å². The Bertz CT molecular complexity index is 715. The molecule has 170 valence electrons. The molecule has 1 heterocycles. The van der Waals surface area contributed by atoms with Gasteiger partial charge in [-0.05, 0) is 19.3 Å². The van der Waals surface area contributed by atoms with Crippen molar-refractivity contribution in [2.45, 2.75) is 50.4 Å². The molecule has 0 atom stereocenters. The van der Waals surface area contributed by atoms with Gasteiger partial charge < -0.3 is 14.5 Å². The highest BCUT2D eigenvalue weighted by Gasteiger charge is 2.42. The van der Waals surface area contributed by atoms with Crippen molar-refractivity contribution in [1.29, 1.82) is 0 Å². The predicted molar refractivity (Wildman–Crippen MR) is 85.6 cm³/mol. The minimum atomic E-state index is -4.76. The molecule has 0 spiro atoms. The summed E-state index contributed by atoms with van der Waals surface area (Å²) in [6.07, 6.45) is -9.66. The lowest BCUT2D eigenvalue weighted by Gasteiger charge is -2.32. The van der Waals surface area contributed by atoms with Crippen molar-refractivity contribution in [2.75, 3.05) is 19.8 Å². The summed E-state index contributed by atoms with van der Waals surface area (Å²) in [4.78, 5) is 11.6. The third-order valence-corrected chi connectivity index (χ3v) is 3.91.